The first-order chi connectivity index (χ1) is 4.61. The first kappa shape index (κ1) is 8.49. The monoisotopic (exact) mass is 161 g/mol. The number of rotatable bonds is 1. The standard InChI is InChI=1S/C8H20NP/c1-10(2,3)9-7-5-4-6-8-9/h10H,4-8H2,1-3H3. The molecule has 0 amide bonds. The van der Waals surface area contributed by atoms with E-state index >= 15 is 0 Å². The quantitative estimate of drug-likeness (QED) is 0.532. The summed E-state index contributed by atoms with van der Waals surface area (Å²) < 4.78 is 2.72. The summed E-state index contributed by atoms with van der Waals surface area (Å²) in [6, 6.07) is 0. The number of hydrogen-bond donors (Lipinski definition) is 0. The predicted octanol–water partition coefficient (Wildman–Crippen LogP) is 2.03. The van der Waals surface area contributed by atoms with Crippen molar-refractivity contribution in [3.05, 3.63) is 0 Å². The van der Waals surface area contributed by atoms with Crippen molar-refractivity contribution in [2.75, 3.05) is 33.1 Å². The maximum absolute atomic E-state index is 2.72. The van der Waals surface area contributed by atoms with Gasteiger partial charge in [-0.05, 0) is 0 Å². The van der Waals surface area contributed by atoms with Gasteiger partial charge in [0.25, 0.3) is 0 Å². The minimum atomic E-state index is -0.923. The van der Waals surface area contributed by atoms with Gasteiger partial charge in [0.15, 0.2) is 0 Å². The van der Waals surface area contributed by atoms with Crippen LogP contribution in [0.1, 0.15) is 19.3 Å². The molecule has 1 aliphatic heterocycles. The van der Waals surface area contributed by atoms with E-state index in [0.29, 0.717) is 0 Å². The zero-order valence-electron chi connectivity index (χ0n) is 7.48. The summed E-state index contributed by atoms with van der Waals surface area (Å²) in [6.07, 6.45) is 4.33. The van der Waals surface area contributed by atoms with Crippen LogP contribution >= 0.6 is 7.41 Å². The summed E-state index contributed by atoms with van der Waals surface area (Å²) in [4.78, 5) is 0. The molecule has 0 unspecified atom stereocenters. The van der Waals surface area contributed by atoms with Crippen LogP contribution in [-0.4, -0.2) is 37.8 Å². The predicted molar refractivity (Wildman–Crippen MR) is 51.5 cm³/mol. The van der Waals surface area contributed by atoms with Gasteiger partial charge < -0.3 is 0 Å². The van der Waals surface area contributed by atoms with E-state index in [0.717, 1.165) is 0 Å². The van der Waals surface area contributed by atoms with Gasteiger partial charge >= 0.3 is 64.4 Å². The Morgan fingerprint density at radius 3 is 1.70 bits per heavy atom. The molecule has 1 aliphatic rings. The van der Waals surface area contributed by atoms with E-state index in [4.69, 9.17) is 0 Å². The molecule has 1 heterocycles. The topological polar surface area (TPSA) is 3.24 Å². The maximum atomic E-state index is 2.72. The van der Waals surface area contributed by atoms with Crippen molar-refractivity contribution >= 4 is 7.41 Å². The molecule has 1 fully saturated rings. The second kappa shape index (κ2) is 3.19. The van der Waals surface area contributed by atoms with Crippen LogP contribution in [0.15, 0.2) is 0 Å². The molecule has 62 valence electrons. The average Bonchev–Trinajstić information content (AvgIpc) is 1.88. The van der Waals surface area contributed by atoms with Crippen LogP contribution < -0.4 is 0 Å². The molecule has 0 spiro atoms. The molecule has 10 heavy (non-hydrogen) atoms. The Hall–Kier alpha value is 0.390. The van der Waals surface area contributed by atoms with Gasteiger partial charge in [-0.1, -0.05) is 0 Å². The Morgan fingerprint density at radius 2 is 1.40 bits per heavy atom. The van der Waals surface area contributed by atoms with E-state index in [1.165, 1.54) is 32.4 Å². The number of nitrogens with zero attached hydrogens (tertiary/aromatic N) is 1. The molecular weight excluding hydrogens is 141 g/mol. The summed E-state index contributed by atoms with van der Waals surface area (Å²) >= 11 is 0. The molecule has 0 aromatic heterocycles. The molecule has 0 aromatic rings. The molecular formula is C8H20NP. The Kier molecular flexibility index (Phi) is 2.71. The fraction of sp³-hybridized carbons (Fsp3) is 1.00. The Balaban J connectivity index is 2.39. The van der Waals surface area contributed by atoms with Crippen molar-refractivity contribution in [2.45, 2.75) is 19.3 Å². The summed E-state index contributed by atoms with van der Waals surface area (Å²) in [6.45, 7) is 10.1. The van der Waals surface area contributed by atoms with Crippen LogP contribution in [-0.2, 0) is 0 Å². The molecule has 0 bridgehead atoms. The zero-order chi connectivity index (χ0) is 7.61. The third-order valence-corrected chi connectivity index (χ3v) is 4.65. The summed E-state index contributed by atoms with van der Waals surface area (Å²) in [5.41, 5.74) is 0. The van der Waals surface area contributed by atoms with Gasteiger partial charge in [-0.25, -0.2) is 0 Å². The summed E-state index contributed by atoms with van der Waals surface area (Å²) in [7, 11) is -0.923. The Morgan fingerprint density at radius 1 is 0.900 bits per heavy atom. The third kappa shape index (κ3) is 2.21. The normalized spacial score (nSPS) is 24.7. The first-order valence-corrected chi connectivity index (χ1v) is 7.80. The van der Waals surface area contributed by atoms with Crippen LogP contribution in [0.4, 0.5) is 0 Å². The average molecular weight is 161 g/mol. The molecule has 2 heteroatoms. The van der Waals surface area contributed by atoms with Crippen LogP contribution in [0.3, 0.4) is 0 Å². The van der Waals surface area contributed by atoms with Crippen molar-refractivity contribution in [2.24, 2.45) is 0 Å². The van der Waals surface area contributed by atoms with Crippen LogP contribution in [0.5, 0.6) is 0 Å². The number of hydrogen-bond acceptors (Lipinski definition) is 1. The zero-order valence-corrected chi connectivity index (χ0v) is 8.48. The van der Waals surface area contributed by atoms with Crippen molar-refractivity contribution < 1.29 is 0 Å². The van der Waals surface area contributed by atoms with Crippen molar-refractivity contribution in [1.82, 2.24) is 4.67 Å². The van der Waals surface area contributed by atoms with Crippen LogP contribution in [0.25, 0.3) is 0 Å². The molecule has 0 saturated carbocycles. The second-order valence-corrected chi connectivity index (χ2v) is 9.19. The SMILES string of the molecule is C[PH](C)(C)N1CCCCC1. The van der Waals surface area contributed by atoms with Gasteiger partial charge in [-0.2, -0.15) is 0 Å². The van der Waals surface area contributed by atoms with E-state index in [9.17, 15) is 0 Å². The fourth-order valence-corrected chi connectivity index (χ4v) is 3.22. The molecule has 0 aromatic carbocycles. The molecule has 0 N–H and O–H groups in total. The van der Waals surface area contributed by atoms with Gasteiger partial charge in [0.1, 0.15) is 0 Å². The Bertz CT molecular complexity index is 100. The molecule has 0 atom stereocenters. The van der Waals surface area contributed by atoms with E-state index in [-0.39, 0.29) is 0 Å². The van der Waals surface area contributed by atoms with Crippen LogP contribution in [0.2, 0.25) is 0 Å². The van der Waals surface area contributed by atoms with Gasteiger partial charge in [0, 0.05) is 0 Å². The van der Waals surface area contributed by atoms with Crippen LogP contribution in [0, 0.1) is 0 Å². The van der Waals surface area contributed by atoms with E-state index < -0.39 is 7.41 Å². The van der Waals surface area contributed by atoms with Gasteiger partial charge in [0.2, 0.25) is 0 Å². The fourth-order valence-electron chi connectivity index (χ4n) is 1.56. The van der Waals surface area contributed by atoms with Gasteiger partial charge in [0.05, 0.1) is 0 Å². The molecule has 1 saturated heterocycles. The van der Waals surface area contributed by atoms with E-state index in [1.807, 2.05) is 0 Å². The van der Waals surface area contributed by atoms with Crippen molar-refractivity contribution in [3.63, 3.8) is 0 Å². The molecule has 0 aliphatic carbocycles. The molecule has 0 radical (unpaired) electrons. The minimum absolute atomic E-state index is 0.923. The molecule has 1 nitrogen and oxygen atoms in total. The van der Waals surface area contributed by atoms with Gasteiger partial charge in [-0.15, -0.1) is 0 Å². The third-order valence-electron chi connectivity index (χ3n) is 2.30. The van der Waals surface area contributed by atoms with Crippen molar-refractivity contribution in [1.29, 1.82) is 0 Å². The second-order valence-electron chi connectivity index (χ2n) is 4.22. The summed E-state index contributed by atoms with van der Waals surface area (Å²) in [5.74, 6) is 0. The van der Waals surface area contributed by atoms with E-state index in [1.54, 1.807) is 0 Å². The number of piperidine rings is 1. The van der Waals surface area contributed by atoms with Gasteiger partial charge in [-0.3, -0.25) is 0 Å². The first-order valence-electron chi connectivity index (χ1n) is 4.36. The summed E-state index contributed by atoms with van der Waals surface area (Å²) in [5, 5.41) is 0. The van der Waals surface area contributed by atoms with E-state index in [2.05, 4.69) is 24.7 Å². The molecule has 1 rings (SSSR count). The van der Waals surface area contributed by atoms with Crippen molar-refractivity contribution in [3.8, 4) is 0 Å². The Labute approximate surface area is 65.2 Å².